The molecule has 1 aliphatic rings. The highest BCUT2D eigenvalue weighted by atomic mass is 32.1. The van der Waals surface area contributed by atoms with Crippen LogP contribution < -0.4 is 10.6 Å². The first-order valence-electron chi connectivity index (χ1n) is 3.57. The Morgan fingerprint density at radius 2 is 2.64 bits per heavy atom. The molecule has 11 heavy (non-hydrogen) atoms. The standard InChI is InChI=1S/C5H9N5S/c1-2-6-3-4(1)7-5-8-9-10-11-5/h4,6H,1-3H2,(H,7,8,10). The lowest BCUT2D eigenvalue weighted by Gasteiger charge is -2.06. The summed E-state index contributed by atoms with van der Waals surface area (Å²) in [5.74, 6) is 0. The molecule has 2 N–H and O–H groups in total. The van der Waals surface area contributed by atoms with Gasteiger partial charge in [-0.25, -0.2) is 0 Å². The van der Waals surface area contributed by atoms with E-state index in [-0.39, 0.29) is 0 Å². The highest BCUT2D eigenvalue weighted by Crippen LogP contribution is 2.09. The van der Waals surface area contributed by atoms with Crippen LogP contribution in [-0.2, 0) is 0 Å². The fourth-order valence-electron chi connectivity index (χ4n) is 1.14. The average molecular weight is 171 g/mol. The molecule has 1 saturated heterocycles. The van der Waals surface area contributed by atoms with Gasteiger partial charge in [-0.15, -0.1) is 0 Å². The van der Waals surface area contributed by atoms with Gasteiger partial charge in [0.15, 0.2) is 0 Å². The number of nitrogens with zero attached hydrogens (tertiary/aromatic N) is 3. The second-order valence-corrected chi connectivity index (χ2v) is 3.23. The predicted molar refractivity (Wildman–Crippen MR) is 42.6 cm³/mol. The molecule has 0 spiro atoms. The van der Waals surface area contributed by atoms with Crippen LogP contribution in [0.2, 0.25) is 0 Å². The van der Waals surface area contributed by atoms with E-state index in [2.05, 4.69) is 25.4 Å². The molecule has 2 rings (SSSR count). The summed E-state index contributed by atoms with van der Waals surface area (Å²) in [5.41, 5.74) is 0. The molecule has 2 heterocycles. The first-order chi connectivity index (χ1) is 5.45. The maximum atomic E-state index is 3.80. The maximum absolute atomic E-state index is 3.80. The molecule has 0 aliphatic carbocycles. The molecule has 1 atom stereocenters. The Kier molecular flexibility index (Phi) is 1.95. The lowest BCUT2D eigenvalue weighted by molar-refractivity contribution is 0.787. The molecule has 1 fully saturated rings. The van der Waals surface area contributed by atoms with E-state index in [1.807, 2.05) is 0 Å². The van der Waals surface area contributed by atoms with Crippen LogP contribution >= 0.6 is 11.5 Å². The SMILES string of the molecule is C1CC(Nc2nnns2)CN1. The van der Waals surface area contributed by atoms with Crippen LogP contribution in [0.4, 0.5) is 5.13 Å². The van der Waals surface area contributed by atoms with E-state index >= 15 is 0 Å². The van der Waals surface area contributed by atoms with E-state index in [1.165, 1.54) is 11.5 Å². The minimum atomic E-state index is 0.504. The van der Waals surface area contributed by atoms with Crippen molar-refractivity contribution < 1.29 is 0 Å². The highest BCUT2D eigenvalue weighted by Gasteiger charge is 2.14. The van der Waals surface area contributed by atoms with Crippen molar-refractivity contribution >= 4 is 16.7 Å². The molecule has 6 heteroatoms. The van der Waals surface area contributed by atoms with E-state index < -0.39 is 0 Å². The molecule has 1 aromatic rings. The molecule has 5 nitrogen and oxygen atoms in total. The Bertz CT molecular complexity index is 205. The van der Waals surface area contributed by atoms with E-state index in [0.29, 0.717) is 6.04 Å². The van der Waals surface area contributed by atoms with Gasteiger partial charge in [-0.05, 0) is 18.2 Å². The third-order valence-electron chi connectivity index (χ3n) is 1.69. The van der Waals surface area contributed by atoms with Crippen LogP contribution in [-0.4, -0.2) is 33.9 Å². The highest BCUT2D eigenvalue weighted by molar-refractivity contribution is 7.09. The molecule has 0 aromatic carbocycles. The van der Waals surface area contributed by atoms with Crippen LogP contribution in [0.15, 0.2) is 0 Å². The van der Waals surface area contributed by atoms with Gasteiger partial charge in [0.05, 0.1) is 0 Å². The quantitative estimate of drug-likeness (QED) is 0.640. The van der Waals surface area contributed by atoms with Gasteiger partial charge in [-0.1, -0.05) is 9.59 Å². The molecule has 0 amide bonds. The Balaban J connectivity index is 1.90. The van der Waals surface area contributed by atoms with Gasteiger partial charge in [-0.3, -0.25) is 0 Å². The van der Waals surface area contributed by atoms with Gasteiger partial charge in [0.25, 0.3) is 0 Å². The van der Waals surface area contributed by atoms with Crippen LogP contribution in [0.5, 0.6) is 0 Å². The number of anilines is 1. The predicted octanol–water partition coefficient (Wildman–Crippen LogP) is -0.293. The van der Waals surface area contributed by atoms with E-state index in [4.69, 9.17) is 0 Å². The molecular formula is C5H9N5S. The zero-order valence-corrected chi connectivity index (χ0v) is 6.77. The van der Waals surface area contributed by atoms with Gasteiger partial charge in [0.2, 0.25) is 5.13 Å². The fraction of sp³-hybridized carbons (Fsp3) is 0.800. The summed E-state index contributed by atoms with van der Waals surface area (Å²) < 4.78 is 3.66. The van der Waals surface area contributed by atoms with Gasteiger partial charge in [-0.2, -0.15) is 0 Å². The zero-order valence-electron chi connectivity index (χ0n) is 5.95. The first-order valence-corrected chi connectivity index (χ1v) is 4.35. The topological polar surface area (TPSA) is 62.7 Å². The summed E-state index contributed by atoms with van der Waals surface area (Å²) in [7, 11) is 0. The van der Waals surface area contributed by atoms with Gasteiger partial charge in [0, 0.05) is 24.1 Å². The molecule has 0 saturated carbocycles. The van der Waals surface area contributed by atoms with Gasteiger partial charge >= 0.3 is 0 Å². The summed E-state index contributed by atoms with van der Waals surface area (Å²) in [6, 6.07) is 0.504. The number of aromatic nitrogens is 3. The number of rotatable bonds is 2. The van der Waals surface area contributed by atoms with Crippen LogP contribution in [0.3, 0.4) is 0 Å². The van der Waals surface area contributed by atoms with Gasteiger partial charge in [0.1, 0.15) is 0 Å². The Labute approximate surface area is 68.4 Å². The third-order valence-corrected chi connectivity index (χ3v) is 2.21. The number of hydrogen-bond acceptors (Lipinski definition) is 6. The largest absolute Gasteiger partial charge is 0.355 e. The van der Waals surface area contributed by atoms with Crippen molar-refractivity contribution in [3.63, 3.8) is 0 Å². The summed E-state index contributed by atoms with van der Waals surface area (Å²) in [6.07, 6.45) is 1.15. The number of hydrogen-bond donors (Lipinski definition) is 2. The minimum absolute atomic E-state index is 0.504. The zero-order chi connectivity index (χ0) is 7.52. The molecule has 60 valence electrons. The van der Waals surface area contributed by atoms with Crippen molar-refractivity contribution in [2.75, 3.05) is 18.4 Å². The van der Waals surface area contributed by atoms with Gasteiger partial charge < -0.3 is 10.6 Å². The fourth-order valence-corrected chi connectivity index (χ4v) is 1.58. The third kappa shape index (κ3) is 1.63. The molecule has 1 aliphatic heterocycles. The molecule has 1 aromatic heterocycles. The molecular weight excluding hydrogens is 162 g/mol. The first kappa shape index (κ1) is 6.93. The van der Waals surface area contributed by atoms with Crippen LogP contribution in [0.1, 0.15) is 6.42 Å². The molecule has 0 bridgehead atoms. The minimum Gasteiger partial charge on any atom is -0.355 e. The van der Waals surface area contributed by atoms with Crippen molar-refractivity contribution in [2.45, 2.75) is 12.5 Å². The van der Waals surface area contributed by atoms with Crippen molar-refractivity contribution in [3.8, 4) is 0 Å². The van der Waals surface area contributed by atoms with Crippen LogP contribution in [0, 0.1) is 0 Å². The second-order valence-electron chi connectivity index (χ2n) is 2.50. The lowest BCUT2D eigenvalue weighted by Crippen LogP contribution is -2.21. The van der Waals surface area contributed by atoms with Crippen molar-refractivity contribution in [2.24, 2.45) is 0 Å². The summed E-state index contributed by atoms with van der Waals surface area (Å²) >= 11 is 1.30. The molecule has 1 unspecified atom stereocenters. The summed E-state index contributed by atoms with van der Waals surface area (Å²) in [6.45, 7) is 2.10. The van der Waals surface area contributed by atoms with Crippen molar-refractivity contribution in [1.82, 2.24) is 20.1 Å². The Morgan fingerprint density at radius 1 is 1.64 bits per heavy atom. The molecule has 0 radical (unpaired) electrons. The second kappa shape index (κ2) is 3.10. The Morgan fingerprint density at radius 3 is 3.27 bits per heavy atom. The maximum Gasteiger partial charge on any atom is 0.225 e. The normalized spacial score (nSPS) is 23.8. The van der Waals surface area contributed by atoms with Crippen molar-refractivity contribution in [3.05, 3.63) is 0 Å². The lowest BCUT2D eigenvalue weighted by atomic mass is 10.3. The smallest absolute Gasteiger partial charge is 0.225 e. The number of nitrogens with one attached hydrogen (secondary N) is 2. The summed E-state index contributed by atoms with van der Waals surface area (Å²) in [5, 5.41) is 14.6. The van der Waals surface area contributed by atoms with E-state index in [9.17, 15) is 0 Å². The van der Waals surface area contributed by atoms with E-state index in [1.54, 1.807) is 0 Å². The Hall–Kier alpha value is -0.750. The van der Waals surface area contributed by atoms with E-state index in [0.717, 1.165) is 24.6 Å². The average Bonchev–Trinajstić information content (AvgIpc) is 2.60. The summed E-state index contributed by atoms with van der Waals surface area (Å²) in [4.78, 5) is 0. The monoisotopic (exact) mass is 171 g/mol. The van der Waals surface area contributed by atoms with Crippen LogP contribution in [0.25, 0.3) is 0 Å². The van der Waals surface area contributed by atoms with Crippen molar-refractivity contribution in [1.29, 1.82) is 0 Å².